The summed E-state index contributed by atoms with van der Waals surface area (Å²) < 4.78 is 0. The zero-order chi connectivity index (χ0) is 10.7. The molecule has 1 amide bonds. The molecule has 0 bridgehead atoms. The van der Waals surface area contributed by atoms with E-state index in [9.17, 15) is 4.79 Å². The molecule has 0 aromatic rings. The Hall–Kier alpha value is -0.280. The molecule has 1 aliphatic heterocycles. The summed E-state index contributed by atoms with van der Waals surface area (Å²) in [5.74, 6) is 0.322. The third-order valence-electron chi connectivity index (χ3n) is 4.14. The van der Waals surface area contributed by atoms with E-state index in [0.29, 0.717) is 11.9 Å². The number of hydrogen-bond acceptors (Lipinski definition) is 2. The molecule has 2 rings (SSSR count). The van der Waals surface area contributed by atoms with Crippen LogP contribution in [0.15, 0.2) is 0 Å². The molecular weight excluding hydrogens is 224 g/mol. The second-order valence-corrected chi connectivity index (χ2v) is 4.99. The Balaban J connectivity index is 0.00000128. The minimum atomic E-state index is 0. The maximum atomic E-state index is 12.1. The molecule has 0 spiro atoms. The van der Waals surface area contributed by atoms with Crippen molar-refractivity contribution in [2.24, 2.45) is 5.41 Å². The van der Waals surface area contributed by atoms with Gasteiger partial charge in [0.25, 0.3) is 0 Å². The fourth-order valence-electron chi connectivity index (χ4n) is 2.65. The molecular formula is C12H23ClN2O. The Morgan fingerprint density at radius 1 is 1.38 bits per heavy atom. The van der Waals surface area contributed by atoms with Crippen LogP contribution in [0.3, 0.4) is 0 Å². The van der Waals surface area contributed by atoms with Gasteiger partial charge in [0.1, 0.15) is 0 Å². The van der Waals surface area contributed by atoms with Crippen molar-refractivity contribution in [3.8, 4) is 0 Å². The molecule has 3 nitrogen and oxygen atoms in total. The largest absolute Gasteiger partial charge is 0.353 e. The Kier molecular flexibility index (Phi) is 5.06. The molecule has 0 atom stereocenters. The number of piperidine rings is 1. The highest BCUT2D eigenvalue weighted by Crippen LogP contribution is 2.44. The van der Waals surface area contributed by atoms with Crippen LogP contribution in [0.1, 0.15) is 45.4 Å². The van der Waals surface area contributed by atoms with Crippen molar-refractivity contribution in [2.45, 2.75) is 51.5 Å². The molecule has 1 saturated heterocycles. The van der Waals surface area contributed by atoms with E-state index in [1.165, 1.54) is 6.42 Å². The summed E-state index contributed by atoms with van der Waals surface area (Å²) >= 11 is 0. The Labute approximate surface area is 104 Å². The molecule has 94 valence electrons. The molecule has 1 aliphatic carbocycles. The minimum Gasteiger partial charge on any atom is -0.353 e. The van der Waals surface area contributed by atoms with Gasteiger partial charge in [-0.2, -0.15) is 0 Å². The SMILES string of the molecule is CCC1(C(=O)NC2CCNCC2)CCC1.Cl. The molecule has 2 aliphatic rings. The standard InChI is InChI=1S/C12H22N2O.ClH/c1-2-12(6-3-7-12)11(15)14-10-4-8-13-9-5-10;/h10,13H,2-9H2,1H3,(H,14,15);1H. The topological polar surface area (TPSA) is 41.1 Å². The van der Waals surface area contributed by atoms with Gasteiger partial charge in [-0.3, -0.25) is 4.79 Å². The van der Waals surface area contributed by atoms with E-state index in [2.05, 4.69) is 17.6 Å². The zero-order valence-electron chi connectivity index (χ0n) is 10.1. The van der Waals surface area contributed by atoms with Gasteiger partial charge in [-0.15, -0.1) is 12.4 Å². The average Bonchev–Trinajstić information content (AvgIpc) is 2.18. The van der Waals surface area contributed by atoms with E-state index in [1.807, 2.05) is 0 Å². The highest BCUT2D eigenvalue weighted by atomic mass is 35.5. The van der Waals surface area contributed by atoms with Gasteiger partial charge in [0.2, 0.25) is 5.91 Å². The van der Waals surface area contributed by atoms with Gasteiger partial charge >= 0.3 is 0 Å². The van der Waals surface area contributed by atoms with Crippen molar-refractivity contribution in [2.75, 3.05) is 13.1 Å². The van der Waals surface area contributed by atoms with Gasteiger partial charge in [0.15, 0.2) is 0 Å². The molecule has 0 aromatic heterocycles. The Morgan fingerprint density at radius 3 is 2.44 bits per heavy atom. The van der Waals surface area contributed by atoms with Crippen LogP contribution in [-0.4, -0.2) is 25.0 Å². The summed E-state index contributed by atoms with van der Waals surface area (Å²) in [6.07, 6.45) is 6.61. The lowest BCUT2D eigenvalue weighted by atomic mass is 9.66. The predicted octanol–water partition coefficient (Wildman–Crippen LogP) is 1.86. The number of nitrogens with one attached hydrogen (secondary N) is 2. The normalized spacial score (nSPS) is 24.1. The highest BCUT2D eigenvalue weighted by molar-refractivity contribution is 5.85. The first-order valence-electron chi connectivity index (χ1n) is 6.28. The van der Waals surface area contributed by atoms with Crippen LogP contribution in [0.5, 0.6) is 0 Å². The fraction of sp³-hybridized carbons (Fsp3) is 0.917. The highest BCUT2D eigenvalue weighted by Gasteiger charge is 2.42. The molecule has 0 unspecified atom stereocenters. The molecule has 0 radical (unpaired) electrons. The van der Waals surface area contributed by atoms with Crippen molar-refractivity contribution in [1.82, 2.24) is 10.6 Å². The summed E-state index contributed by atoms with van der Waals surface area (Å²) in [5, 5.41) is 6.55. The first-order valence-corrected chi connectivity index (χ1v) is 6.28. The lowest BCUT2D eigenvalue weighted by Gasteiger charge is -2.41. The van der Waals surface area contributed by atoms with Crippen molar-refractivity contribution in [3.63, 3.8) is 0 Å². The van der Waals surface area contributed by atoms with Crippen LogP contribution in [0, 0.1) is 5.41 Å². The van der Waals surface area contributed by atoms with E-state index >= 15 is 0 Å². The van der Waals surface area contributed by atoms with Crippen LogP contribution >= 0.6 is 12.4 Å². The van der Waals surface area contributed by atoms with Crippen LogP contribution in [0.4, 0.5) is 0 Å². The lowest BCUT2D eigenvalue weighted by molar-refractivity contribution is -0.137. The quantitative estimate of drug-likeness (QED) is 0.798. The van der Waals surface area contributed by atoms with Crippen molar-refractivity contribution < 1.29 is 4.79 Å². The van der Waals surface area contributed by atoms with Crippen molar-refractivity contribution in [1.29, 1.82) is 0 Å². The second kappa shape index (κ2) is 5.87. The predicted molar refractivity (Wildman–Crippen MR) is 67.9 cm³/mol. The average molecular weight is 247 g/mol. The zero-order valence-corrected chi connectivity index (χ0v) is 10.9. The van der Waals surface area contributed by atoms with Crippen molar-refractivity contribution in [3.05, 3.63) is 0 Å². The first kappa shape index (κ1) is 13.8. The third-order valence-corrected chi connectivity index (χ3v) is 4.14. The van der Waals surface area contributed by atoms with Crippen LogP contribution < -0.4 is 10.6 Å². The van der Waals surface area contributed by atoms with E-state index < -0.39 is 0 Å². The van der Waals surface area contributed by atoms with E-state index in [4.69, 9.17) is 0 Å². The number of carbonyl (C=O) groups excluding carboxylic acids is 1. The number of carbonyl (C=O) groups is 1. The molecule has 0 aromatic carbocycles. The van der Waals surface area contributed by atoms with Gasteiger partial charge < -0.3 is 10.6 Å². The molecule has 2 fully saturated rings. The van der Waals surface area contributed by atoms with Gasteiger partial charge in [-0.25, -0.2) is 0 Å². The lowest BCUT2D eigenvalue weighted by Crippen LogP contribution is -2.51. The first-order chi connectivity index (χ1) is 7.27. The second-order valence-electron chi connectivity index (χ2n) is 4.99. The maximum Gasteiger partial charge on any atom is 0.226 e. The summed E-state index contributed by atoms with van der Waals surface area (Å²) in [6, 6.07) is 0.419. The summed E-state index contributed by atoms with van der Waals surface area (Å²) in [5.41, 5.74) is 0.00484. The number of hydrogen-bond donors (Lipinski definition) is 2. The smallest absolute Gasteiger partial charge is 0.226 e. The van der Waals surface area contributed by atoms with Crippen LogP contribution in [-0.2, 0) is 4.79 Å². The van der Waals surface area contributed by atoms with Gasteiger partial charge in [-0.1, -0.05) is 13.3 Å². The number of halogens is 1. The minimum absolute atomic E-state index is 0. The van der Waals surface area contributed by atoms with Crippen LogP contribution in [0.2, 0.25) is 0 Å². The van der Waals surface area contributed by atoms with E-state index in [1.54, 1.807) is 0 Å². The Bertz CT molecular complexity index is 230. The molecule has 2 N–H and O–H groups in total. The van der Waals surface area contributed by atoms with E-state index in [0.717, 1.165) is 45.2 Å². The fourth-order valence-corrected chi connectivity index (χ4v) is 2.65. The number of amides is 1. The number of rotatable bonds is 3. The third kappa shape index (κ3) is 2.69. The molecule has 4 heteroatoms. The van der Waals surface area contributed by atoms with Crippen molar-refractivity contribution >= 4 is 18.3 Å². The van der Waals surface area contributed by atoms with Gasteiger partial charge in [0.05, 0.1) is 0 Å². The van der Waals surface area contributed by atoms with E-state index in [-0.39, 0.29) is 17.8 Å². The molecule has 16 heavy (non-hydrogen) atoms. The van der Waals surface area contributed by atoms with Gasteiger partial charge in [-0.05, 0) is 45.2 Å². The molecule has 1 saturated carbocycles. The monoisotopic (exact) mass is 246 g/mol. The van der Waals surface area contributed by atoms with Crippen LogP contribution in [0.25, 0.3) is 0 Å². The summed E-state index contributed by atoms with van der Waals surface area (Å²) in [6.45, 7) is 4.23. The Morgan fingerprint density at radius 2 is 2.00 bits per heavy atom. The molecule has 1 heterocycles. The summed E-state index contributed by atoms with van der Waals surface area (Å²) in [4.78, 5) is 12.1. The van der Waals surface area contributed by atoms with Gasteiger partial charge in [0, 0.05) is 11.5 Å². The maximum absolute atomic E-state index is 12.1. The summed E-state index contributed by atoms with van der Waals surface area (Å²) in [7, 11) is 0.